The second-order valence-electron chi connectivity index (χ2n) is 5.26. The summed E-state index contributed by atoms with van der Waals surface area (Å²) in [7, 11) is 2.22. The molecule has 1 unspecified atom stereocenters. The molecule has 0 saturated carbocycles. The molecule has 20 heavy (non-hydrogen) atoms. The fraction of sp³-hybridized carbons (Fsp3) is 0.412. The highest BCUT2D eigenvalue weighted by Crippen LogP contribution is 2.13. The van der Waals surface area contributed by atoms with E-state index in [2.05, 4.69) is 66.0 Å². The molecular formula is C17H24N2S. The first-order chi connectivity index (χ1) is 9.75. The number of thiophene rings is 1. The number of hydrogen-bond donors (Lipinski definition) is 1. The Balaban J connectivity index is 1.63. The molecule has 2 rings (SSSR count). The van der Waals surface area contributed by atoms with E-state index in [1.165, 1.54) is 17.0 Å². The van der Waals surface area contributed by atoms with Gasteiger partial charge in [0.2, 0.25) is 0 Å². The zero-order chi connectivity index (χ0) is 14.2. The minimum atomic E-state index is 0.602. The van der Waals surface area contributed by atoms with Crippen LogP contribution in [0.15, 0.2) is 47.8 Å². The molecule has 0 aliphatic rings. The van der Waals surface area contributed by atoms with E-state index >= 15 is 0 Å². The number of rotatable bonds is 8. The Morgan fingerprint density at radius 3 is 2.65 bits per heavy atom. The van der Waals surface area contributed by atoms with Gasteiger partial charge in [0.25, 0.3) is 0 Å². The van der Waals surface area contributed by atoms with Crippen LogP contribution in [-0.2, 0) is 6.42 Å². The first-order valence-corrected chi connectivity index (χ1v) is 8.15. The van der Waals surface area contributed by atoms with Crippen molar-refractivity contribution < 1.29 is 0 Å². The van der Waals surface area contributed by atoms with Crippen molar-refractivity contribution in [2.45, 2.75) is 25.8 Å². The Hall–Kier alpha value is -1.32. The number of nitrogens with one attached hydrogen (secondary N) is 1. The molecule has 108 valence electrons. The molecule has 1 N–H and O–H groups in total. The first-order valence-electron chi connectivity index (χ1n) is 7.27. The van der Waals surface area contributed by atoms with Crippen molar-refractivity contribution in [1.82, 2.24) is 4.90 Å². The molecule has 0 aliphatic heterocycles. The van der Waals surface area contributed by atoms with Crippen LogP contribution in [0.25, 0.3) is 0 Å². The lowest BCUT2D eigenvalue weighted by Crippen LogP contribution is -2.32. The van der Waals surface area contributed by atoms with E-state index < -0.39 is 0 Å². The molecule has 0 spiro atoms. The molecule has 0 aliphatic carbocycles. The van der Waals surface area contributed by atoms with E-state index in [0.717, 1.165) is 19.5 Å². The van der Waals surface area contributed by atoms with E-state index in [9.17, 15) is 0 Å². The van der Waals surface area contributed by atoms with Gasteiger partial charge < -0.3 is 10.2 Å². The van der Waals surface area contributed by atoms with E-state index in [0.29, 0.717) is 6.04 Å². The van der Waals surface area contributed by atoms with Gasteiger partial charge in [-0.05, 0) is 56.9 Å². The Kier molecular flexibility index (Phi) is 6.09. The van der Waals surface area contributed by atoms with Crippen LogP contribution in [0.1, 0.15) is 18.2 Å². The lowest BCUT2D eigenvalue weighted by atomic mass is 10.2. The molecule has 2 aromatic rings. The third-order valence-electron chi connectivity index (χ3n) is 3.62. The van der Waals surface area contributed by atoms with Crippen LogP contribution in [-0.4, -0.2) is 31.1 Å². The lowest BCUT2D eigenvalue weighted by Gasteiger charge is -2.24. The summed E-state index contributed by atoms with van der Waals surface area (Å²) in [4.78, 5) is 3.93. The Labute approximate surface area is 126 Å². The molecule has 0 radical (unpaired) electrons. The summed E-state index contributed by atoms with van der Waals surface area (Å²) in [5.74, 6) is 0. The fourth-order valence-electron chi connectivity index (χ4n) is 2.21. The molecule has 1 aromatic carbocycles. The van der Waals surface area contributed by atoms with Crippen LogP contribution < -0.4 is 5.32 Å². The highest BCUT2D eigenvalue weighted by atomic mass is 32.1. The van der Waals surface area contributed by atoms with E-state index in [1.54, 1.807) is 0 Å². The molecule has 0 bridgehead atoms. The van der Waals surface area contributed by atoms with Gasteiger partial charge in [0.1, 0.15) is 0 Å². The zero-order valence-corrected chi connectivity index (χ0v) is 13.2. The maximum absolute atomic E-state index is 3.46. The van der Waals surface area contributed by atoms with E-state index in [-0.39, 0.29) is 0 Å². The SMILES string of the molecule is CC(Cc1cccs1)N(C)CCCNc1ccccc1. The van der Waals surface area contributed by atoms with Gasteiger partial charge in [-0.15, -0.1) is 11.3 Å². The standard InChI is InChI=1S/C17H24N2S/c1-15(14-17-10-6-13-20-17)19(2)12-7-11-18-16-8-4-3-5-9-16/h3-6,8-10,13,15,18H,7,11-12,14H2,1-2H3. The number of anilines is 1. The van der Waals surface area contributed by atoms with Crippen LogP contribution in [0.5, 0.6) is 0 Å². The second-order valence-corrected chi connectivity index (χ2v) is 6.29. The van der Waals surface area contributed by atoms with Gasteiger partial charge >= 0.3 is 0 Å². The summed E-state index contributed by atoms with van der Waals surface area (Å²) in [5, 5.41) is 5.62. The van der Waals surface area contributed by atoms with Crippen molar-refractivity contribution in [1.29, 1.82) is 0 Å². The quantitative estimate of drug-likeness (QED) is 0.735. The monoisotopic (exact) mass is 288 g/mol. The minimum Gasteiger partial charge on any atom is -0.385 e. The molecule has 0 fully saturated rings. The van der Waals surface area contributed by atoms with Crippen molar-refractivity contribution in [2.75, 3.05) is 25.5 Å². The van der Waals surface area contributed by atoms with Gasteiger partial charge in [-0.25, -0.2) is 0 Å². The van der Waals surface area contributed by atoms with Gasteiger partial charge in [0, 0.05) is 23.2 Å². The van der Waals surface area contributed by atoms with Crippen LogP contribution in [0.4, 0.5) is 5.69 Å². The largest absolute Gasteiger partial charge is 0.385 e. The minimum absolute atomic E-state index is 0.602. The highest BCUT2D eigenvalue weighted by molar-refractivity contribution is 7.09. The predicted octanol–water partition coefficient (Wildman–Crippen LogP) is 4.11. The maximum Gasteiger partial charge on any atom is 0.0340 e. The Morgan fingerprint density at radius 2 is 1.95 bits per heavy atom. The molecule has 0 saturated heterocycles. The molecule has 1 atom stereocenters. The number of benzene rings is 1. The fourth-order valence-corrected chi connectivity index (χ4v) is 3.04. The smallest absolute Gasteiger partial charge is 0.0340 e. The van der Waals surface area contributed by atoms with Gasteiger partial charge in [-0.2, -0.15) is 0 Å². The maximum atomic E-state index is 3.46. The molecular weight excluding hydrogens is 264 g/mol. The van der Waals surface area contributed by atoms with Crippen LogP contribution in [0.3, 0.4) is 0 Å². The topological polar surface area (TPSA) is 15.3 Å². The van der Waals surface area contributed by atoms with Crippen molar-refractivity contribution in [3.8, 4) is 0 Å². The van der Waals surface area contributed by atoms with Gasteiger partial charge in [-0.3, -0.25) is 0 Å². The number of nitrogens with zero attached hydrogens (tertiary/aromatic N) is 1. The normalized spacial score (nSPS) is 12.6. The van der Waals surface area contributed by atoms with Gasteiger partial charge in [0.05, 0.1) is 0 Å². The summed E-state index contributed by atoms with van der Waals surface area (Å²) in [6.45, 7) is 4.47. The molecule has 1 heterocycles. The van der Waals surface area contributed by atoms with Crippen molar-refractivity contribution in [2.24, 2.45) is 0 Å². The Morgan fingerprint density at radius 1 is 1.15 bits per heavy atom. The van der Waals surface area contributed by atoms with Crippen molar-refractivity contribution in [3.63, 3.8) is 0 Å². The summed E-state index contributed by atoms with van der Waals surface area (Å²) in [6.07, 6.45) is 2.32. The number of likely N-dealkylation sites (N-methyl/N-ethyl adjacent to an activating group) is 1. The number of hydrogen-bond acceptors (Lipinski definition) is 3. The van der Waals surface area contributed by atoms with Crippen LogP contribution in [0.2, 0.25) is 0 Å². The van der Waals surface area contributed by atoms with Gasteiger partial charge in [0.15, 0.2) is 0 Å². The molecule has 2 nitrogen and oxygen atoms in total. The third-order valence-corrected chi connectivity index (χ3v) is 4.52. The summed E-state index contributed by atoms with van der Waals surface area (Å²) in [5.41, 5.74) is 1.21. The summed E-state index contributed by atoms with van der Waals surface area (Å²) >= 11 is 1.86. The summed E-state index contributed by atoms with van der Waals surface area (Å²) in [6, 6.07) is 15.4. The zero-order valence-electron chi connectivity index (χ0n) is 12.4. The number of para-hydroxylation sites is 1. The highest BCUT2D eigenvalue weighted by Gasteiger charge is 2.09. The average Bonchev–Trinajstić information content (AvgIpc) is 2.97. The molecule has 0 amide bonds. The lowest BCUT2D eigenvalue weighted by molar-refractivity contribution is 0.256. The summed E-state index contributed by atoms with van der Waals surface area (Å²) < 4.78 is 0. The second kappa shape index (κ2) is 8.08. The first kappa shape index (κ1) is 15.1. The molecule has 1 aromatic heterocycles. The van der Waals surface area contributed by atoms with Gasteiger partial charge in [-0.1, -0.05) is 24.3 Å². The van der Waals surface area contributed by atoms with E-state index in [4.69, 9.17) is 0 Å². The van der Waals surface area contributed by atoms with Crippen molar-refractivity contribution in [3.05, 3.63) is 52.7 Å². The van der Waals surface area contributed by atoms with E-state index in [1.807, 2.05) is 17.4 Å². The van der Waals surface area contributed by atoms with Crippen LogP contribution in [0, 0.1) is 0 Å². The van der Waals surface area contributed by atoms with Crippen LogP contribution >= 0.6 is 11.3 Å². The predicted molar refractivity (Wildman–Crippen MR) is 89.7 cm³/mol. The van der Waals surface area contributed by atoms with Crippen molar-refractivity contribution >= 4 is 17.0 Å². The third kappa shape index (κ3) is 4.99. The average molecular weight is 288 g/mol. The molecule has 3 heteroatoms. The Bertz CT molecular complexity index is 467.